The Kier molecular flexibility index (Phi) is 11.9. The average Bonchev–Trinajstić information content (AvgIpc) is 3.52. The van der Waals surface area contributed by atoms with Crippen LogP contribution in [0.1, 0.15) is 73.2 Å². The van der Waals surface area contributed by atoms with Gasteiger partial charge in [0.2, 0.25) is 5.91 Å². The first-order valence-corrected chi connectivity index (χ1v) is 21.4. The second-order valence-corrected chi connectivity index (χ2v) is 18.3. The van der Waals surface area contributed by atoms with Gasteiger partial charge in [0, 0.05) is 61.5 Å². The summed E-state index contributed by atoms with van der Waals surface area (Å²) in [6.45, 7) is 4.85. The SMILES string of the molecule is Cc1cc(CN(Cc2ccc(Cl)c(Cl)c2)C(CC(N)=O)c2ccc3c(c2)nc(-c2ccc(N(CCO)CCO)cc2)n3CC23CC4CC(CC(C4)C2)C3)ccc1Cl. The quantitative estimate of drug-likeness (QED) is 0.0915. The van der Waals surface area contributed by atoms with Crippen molar-refractivity contribution in [3.8, 4) is 11.4 Å². The van der Waals surface area contributed by atoms with E-state index in [0.29, 0.717) is 41.2 Å². The third-order valence-electron chi connectivity index (χ3n) is 12.9. The van der Waals surface area contributed by atoms with Crippen LogP contribution in [-0.2, 0) is 24.4 Å². The van der Waals surface area contributed by atoms with E-state index in [1.54, 1.807) is 6.07 Å². The number of aliphatic hydroxyl groups excluding tert-OH is 2. The largest absolute Gasteiger partial charge is 0.395 e. The number of hydrogen-bond acceptors (Lipinski definition) is 6. The molecule has 8 nitrogen and oxygen atoms in total. The van der Waals surface area contributed by atoms with E-state index in [-0.39, 0.29) is 31.1 Å². The van der Waals surface area contributed by atoms with E-state index >= 15 is 0 Å². The van der Waals surface area contributed by atoms with Gasteiger partial charge < -0.3 is 25.4 Å². The summed E-state index contributed by atoms with van der Waals surface area (Å²) >= 11 is 19.3. The van der Waals surface area contributed by atoms with Crippen LogP contribution in [0.15, 0.2) is 78.9 Å². The Balaban J connectivity index is 1.21. The standard InChI is InChI=1S/C46H52Cl3N5O3/c1-29-16-30(2-9-38(29)47)26-53(27-31-3-10-39(48)40(49)20-31)43(22-44(50)57)36-6-11-42-41(21-36)51-45(35-4-7-37(8-5-35)52(12-14-55)13-15-56)54(42)28-46-23-32-17-33(24-46)19-34(18-32)25-46/h2-11,16,20-21,32-34,43,55-56H,12-15,17-19,22-28H2,1H3,(H2,50,57). The van der Waals surface area contributed by atoms with Crippen LogP contribution in [0, 0.1) is 30.1 Å². The minimum Gasteiger partial charge on any atom is -0.395 e. The van der Waals surface area contributed by atoms with Crippen LogP contribution in [0.3, 0.4) is 0 Å². The number of imidazole rings is 1. The number of aliphatic hydroxyl groups is 2. The number of halogens is 3. The first-order valence-electron chi connectivity index (χ1n) is 20.3. The molecule has 1 heterocycles. The van der Waals surface area contributed by atoms with E-state index in [2.05, 4.69) is 58.0 Å². The summed E-state index contributed by atoms with van der Waals surface area (Å²) in [4.78, 5) is 22.6. The Morgan fingerprint density at radius 1 is 0.825 bits per heavy atom. The molecule has 4 fully saturated rings. The van der Waals surface area contributed by atoms with Crippen LogP contribution in [0.25, 0.3) is 22.4 Å². The number of carbonyl (C=O) groups is 1. The highest BCUT2D eigenvalue weighted by molar-refractivity contribution is 6.42. The molecule has 0 aliphatic heterocycles. The number of fused-ring (bicyclic) bond motifs is 1. The van der Waals surface area contributed by atoms with Crippen molar-refractivity contribution in [1.29, 1.82) is 0 Å². The van der Waals surface area contributed by atoms with Gasteiger partial charge in [-0.1, -0.05) is 59.1 Å². The molecule has 9 rings (SSSR count). The van der Waals surface area contributed by atoms with Gasteiger partial charge in [0.1, 0.15) is 5.82 Å². The Labute approximate surface area is 350 Å². The number of anilines is 1. The topological polar surface area (TPSA) is 108 Å². The molecule has 4 aliphatic rings. The molecule has 4 N–H and O–H groups in total. The van der Waals surface area contributed by atoms with Gasteiger partial charge in [-0.05, 0) is 145 Å². The van der Waals surface area contributed by atoms with E-state index in [9.17, 15) is 15.0 Å². The zero-order chi connectivity index (χ0) is 39.8. The lowest BCUT2D eigenvalue weighted by Gasteiger charge is -2.57. The van der Waals surface area contributed by atoms with Crippen molar-refractivity contribution in [2.75, 3.05) is 31.2 Å². The Morgan fingerprint density at radius 3 is 2.02 bits per heavy atom. The van der Waals surface area contributed by atoms with Gasteiger partial charge in [0.15, 0.2) is 0 Å². The normalized spacial score (nSPS) is 21.8. The second kappa shape index (κ2) is 16.9. The van der Waals surface area contributed by atoms with Crippen LogP contribution in [0.2, 0.25) is 15.1 Å². The summed E-state index contributed by atoms with van der Waals surface area (Å²) < 4.78 is 2.47. The molecule has 1 unspecified atom stereocenters. The average molecular weight is 829 g/mol. The number of primary amides is 1. The van der Waals surface area contributed by atoms with Gasteiger partial charge in [-0.3, -0.25) is 9.69 Å². The summed E-state index contributed by atoms with van der Waals surface area (Å²) in [5.74, 6) is 3.01. The summed E-state index contributed by atoms with van der Waals surface area (Å²) in [6, 6.07) is 26.1. The lowest BCUT2D eigenvalue weighted by Crippen LogP contribution is -2.47. The maximum Gasteiger partial charge on any atom is 0.219 e. The van der Waals surface area contributed by atoms with Crippen LogP contribution in [-0.4, -0.2) is 56.9 Å². The maximum atomic E-state index is 12.9. The van der Waals surface area contributed by atoms with Gasteiger partial charge in [-0.2, -0.15) is 0 Å². The van der Waals surface area contributed by atoms with E-state index in [1.807, 2.05) is 36.1 Å². The monoisotopic (exact) mass is 827 g/mol. The predicted octanol–water partition coefficient (Wildman–Crippen LogP) is 9.60. The highest BCUT2D eigenvalue weighted by Gasteiger charge is 2.51. The molecule has 5 aromatic rings. The van der Waals surface area contributed by atoms with Crippen molar-refractivity contribution in [2.24, 2.45) is 28.9 Å². The molecule has 4 saturated carbocycles. The highest BCUT2D eigenvalue weighted by atomic mass is 35.5. The van der Waals surface area contributed by atoms with E-state index in [4.69, 9.17) is 45.5 Å². The first kappa shape index (κ1) is 40.2. The highest BCUT2D eigenvalue weighted by Crippen LogP contribution is 2.61. The third-order valence-corrected chi connectivity index (χ3v) is 14.0. The molecule has 1 aromatic heterocycles. The maximum absolute atomic E-state index is 12.9. The van der Waals surface area contributed by atoms with Crippen molar-refractivity contribution in [2.45, 2.75) is 77.5 Å². The molecule has 11 heteroatoms. The van der Waals surface area contributed by atoms with E-state index in [0.717, 1.165) is 74.7 Å². The number of hydrogen-bond donors (Lipinski definition) is 3. The van der Waals surface area contributed by atoms with E-state index in [1.165, 1.54) is 38.5 Å². The number of nitrogens with two attached hydrogens (primary N) is 1. The molecule has 0 saturated heterocycles. The zero-order valence-corrected chi connectivity index (χ0v) is 34.8. The lowest BCUT2D eigenvalue weighted by atomic mass is 9.49. The number of benzene rings is 4. The Hall–Kier alpha value is -3.63. The third kappa shape index (κ3) is 8.73. The molecular weight excluding hydrogens is 777 g/mol. The van der Waals surface area contributed by atoms with Gasteiger partial charge in [-0.25, -0.2) is 4.98 Å². The summed E-state index contributed by atoms with van der Waals surface area (Å²) in [6.07, 6.45) is 8.10. The van der Waals surface area contributed by atoms with Crippen molar-refractivity contribution in [1.82, 2.24) is 14.5 Å². The number of carbonyl (C=O) groups excluding carboxylic acids is 1. The Morgan fingerprint density at radius 2 is 1.44 bits per heavy atom. The molecule has 4 bridgehead atoms. The van der Waals surface area contributed by atoms with Gasteiger partial charge in [-0.15, -0.1) is 0 Å². The molecule has 1 amide bonds. The number of aromatic nitrogens is 2. The van der Waals surface area contributed by atoms with Gasteiger partial charge in [0.05, 0.1) is 34.3 Å². The molecule has 0 radical (unpaired) electrons. The molecule has 1 atom stereocenters. The van der Waals surface area contributed by atoms with Crippen molar-refractivity contribution < 1.29 is 15.0 Å². The predicted molar refractivity (Wildman–Crippen MR) is 231 cm³/mol. The minimum absolute atomic E-state index is 0.00586. The molecule has 57 heavy (non-hydrogen) atoms. The molecule has 4 aliphatic carbocycles. The van der Waals surface area contributed by atoms with Gasteiger partial charge >= 0.3 is 0 Å². The molecular formula is C46H52Cl3N5O3. The second-order valence-electron chi connectivity index (χ2n) is 17.1. The first-order chi connectivity index (χ1) is 27.5. The van der Waals surface area contributed by atoms with Crippen LogP contribution >= 0.6 is 34.8 Å². The number of nitrogens with zero attached hydrogens (tertiary/aromatic N) is 4. The molecule has 0 spiro atoms. The minimum atomic E-state index is -0.393. The number of amides is 1. The Bertz CT molecular complexity index is 2150. The smallest absolute Gasteiger partial charge is 0.219 e. The fourth-order valence-corrected chi connectivity index (χ4v) is 11.3. The molecule has 4 aromatic carbocycles. The van der Waals surface area contributed by atoms with Crippen LogP contribution in [0.4, 0.5) is 5.69 Å². The molecule has 300 valence electrons. The summed E-state index contributed by atoms with van der Waals surface area (Å²) in [5, 5.41) is 21.0. The fourth-order valence-electron chi connectivity index (χ4n) is 10.8. The van der Waals surface area contributed by atoms with Crippen molar-refractivity contribution in [3.05, 3.63) is 116 Å². The van der Waals surface area contributed by atoms with Gasteiger partial charge in [0.25, 0.3) is 0 Å². The fraction of sp³-hybridized carbons (Fsp3) is 0.435. The summed E-state index contributed by atoms with van der Waals surface area (Å²) in [7, 11) is 0. The van der Waals surface area contributed by atoms with Crippen molar-refractivity contribution >= 4 is 57.4 Å². The van der Waals surface area contributed by atoms with Crippen LogP contribution < -0.4 is 10.6 Å². The summed E-state index contributed by atoms with van der Waals surface area (Å²) in [5.41, 5.74) is 14.2. The zero-order valence-electron chi connectivity index (χ0n) is 32.5. The number of aryl methyl sites for hydroxylation is 1. The van der Waals surface area contributed by atoms with Crippen LogP contribution in [0.5, 0.6) is 0 Å². The van der Waals surface area contributed by atoms with Crippen molar-refractivity contribution in [3.63, 3.8) is 0 Å². The lowest BCUT2D eigenvalue weighted by molar-refractivity contribution is -0.119. The van der Waals surface area contributed by atoms with E-state index < -0.39 is 5.91 Å². The number of rotatable bonds is 16.